The van der Waals surface area contributed by atoms with E-state index in [1.807, 2.05) is 6.07 Å². The molecule has 1 unspecified atom stereocenters. The fourth-order valence-corrected chi connectivity index (χ4v) is 4.06. The van der Waals surface area contributed by atoms with E-state index in [0.717, 1.165) is 18.5 Å². The number of aromatic amines is 1. The lowest BCUT2D eigenvalue weighted by atomic mass is 10.2. The first-order valence-electron chi connectivity index (χ1n) is 6.11. The number of H-pyrrole nitrogens is 1. The number of sulfonamides is 1. The smallest absolute Gasteiger partial charge is 0.245 e. The van der Waals surface area contributed by atoms with Crippen LogP contribution in [0, 0.1) is 0 Å². The van der Waals surface area contributed by atoms with Crippen LogP contribution in [-0.4, -0.2) is 34.4 Å². The van der Waals surface area contributed by atoms with Crippen LogP contribution in [0.1, 0.15) is 24.6 Å². The highest BCUT2D eigenvalue weighted by atomic mass is 32.2. The first-order valence-corrected chi connectivity index (χ1v) is 7.55. The summed E-state index contributed by atoms with van der Waals surface area (Å²) < 4.78 is 26.7. The Labute approximate surface area is 111 Å². The van der Waals surface area contributed by atoms with E-state index >= 15 is 0 Å². The molecule has 0 spiro atoms. The van der Waals surface area contributed by atoms with Gasteiger partial charge < -0.3 is 0 Å². The second-order valence-corrected chi connectivity index (χ2v) is 6.37. The van der Waals surface area contributed by atoms with Crippen LogP contribution in [0.4, 0.5) is 0 Å². The summed E-state index contributed by atoms with van der Waals surface area (Å²) in [6, 6.07) is 4.87. The van der Waals surface area contributed by atoms with E-state index in [4.69, 9.17) is 0 Å². The average Bonchev–Trinajstić information content (AvgIpc) is 3.10. The molecule has 2 aromatic rings. The van der Waals surface area contributed by atoms with E-state index in [0.29, 0.717) is 6.54 Å². The van der Waals surface area contributed by atoms with Gasteiger partial charge in [0.1, 0.15) is 4.90 Å². The van der Waals surface area contributed by atoms with Crippen molar-refractivity contribution in [2.24, 2.45) is 0 Å². The van der Waals surface area contributed by atoms with E-state index < -0.39 is 10.0 Å². The maximum absolute atomic E-state index is 12.6. The van der Waals surface area contributed by atoms with Crippen LogP contribution in [0.15, 0.2) is 41.7 Å². The zero-order valence-electron chi connectivity index (χ0n) is 10.2. The number of pyridine rings is 1. The Kier molecular flexibility index (Phi) is 3.08. The molecule has 0 saturated carbocycles. The molecule has 0 aliphatic carbocycles. The van der Waals surface area contributed by atoms with Gasteiger partial charge in [0.25, 0.3) is 0 Å². The maximum atomic E-state index is 12.6. The Morgan fingerprint density at radius 3 is 2.89 bits per heavy atom. The SMILES string of the molecule is O=S(=O)(c1cccnc1)N1CCCC1c1ccn[nH]1. The number of hydrogen-bond acceptors (Lipinski definition) is 4. The Hall–Kier alpha value is -1.73. The number of rotatable bonds is 3. The molecule has 7 heteroatoms. The number of nitrogens with zero attached hydrogens (tertiary/aromatic N) is 3. The summed E-state index contributed by atoms with van der Waals surface area (Å²) in [5.41, 5.74) is 0.838. The highest BCUT2D eigenvalue weighted by Crippen LogP contribution is 2.35. The van der Waals surface area contributed by atoms with Crippen molar-refractivity contribution in [2.45, 2.75) is 23.8 Å². The summed E-state index contributed by atoms with van der Waals surface area (Å²) in [5, 5.41) is 6.76. The van der Waals surface area contributed by atoms with Crippen molar-refractivity contribution in [3.63, 3.8) is 0 Å². The minimum atomic E-state index is -3.49. The molecular weight excluding hydrogens is 264 g/mol. The van der Waals surface area contributed by atoms with Crippen molar-refractivity contribution in [2.75, 3.05) is 6.54 Å². The molecule has 100 valence electrons. The van der Waals surface area contributed by atoms with Gasteiger partial charge in [0, 0.05) is 25.1 Å². The molecule has 2 aromatic heterocycles. The molecule has 1 saturated heterocycles. The normalized spacial score (nSPS) is 20.7. The summed E-state index contributed by atoms with van der Waals surface area (Å²) in [6.45, 7) is 0.529. The topological polar surface area (TPSA) is 79.0 Å². The van der Waals surface area contributed by atoms with Gasteiger partial charge in [-0.15, -0.1) is 0 Å². The molecule has 1 atom stereocenters. The summed E-state index contributed by atoms with van der Waals surface area (Å²) in [7, 11) is -3.49. The predicted octanol–water partition coefficient (Wildman–Crippen LogP) is 1.33. The number of hydrogen-bond donors (Lipinski definition) is 1. The minimum Gasteiger partial charge on any atom is -0.281 e. The first kappa shape index (κ1) is 12.3. The molecule has 0 bridgehead atoms. The van der Waals surface area contributed by atoms with E-state index in [9.17, 15) is 8.42 Å². The molecule has 0 radical (unpaired) electrons. The van der Waals surface area contributed by atoms with Crippen LogP contribution in [0.5, 0.6) is 0 Å². The Morgan fingerprint density at radius 2 is 2.21 bits per heavy atom. The largest absolute Gasteiger partial charge is 0.281 e. The van der Waals surface area contributed by atoms with Crippen LogP contribution in [0.25, 0.3) is 0 Å². The van der Waals surface area contributed by atoms with Gasteiger partial charge in [-0.2, -0.15) is 9.40 Å². The average molecular weight is 278 g/mol. The van der Waals surface area contributed by atoms with Crippen molar-refractivity contribution in [1.29, 1.82) is 0 Å². The molecule has 19 heavy (non-hydrogen) atoms. The lowest BCUT2D eigenvalue weighted by molar-refractivity contribution is 0.390. The molecular formula is C12H14N4O2S. The molecule has 1 fully saturated rings. The molecule has 0 aromatic carbocycles. The second-order valence-electron chi connectivity index (χ2n) is 4.47. The molecule has 3 heterocycles. The van der Waals surface area contributed by atoms with Gasteiger partial charge in [-0.05, 0) is 31.0 Å². The molecule has 1 N–H and O–H groups in total. The first-order chi connectivity index (χ1) is 9.19. The Balaban J connectivity index is 1.97. The summed E-state index contributed by atoms with van der Waals surface area (Å²) in [5.74, 6) is 0. The van der Waals surface area contributed by atoms with Crippen LogP contribution >= 0.6 is 0 Å². The molecule has 3 rings (SSSR count). The van der Waals surface area contributed by atoms with Crippen molar-refractivity contribution >= 4 is 10.0 Å². The Morgan fingerprint density at radius 1 is 1.32 bits per heavy atom. The van der Waals surface area contributed by atoms with Crippen LogP contribution in [0.3, 0.4) is 0 Å². The van der Waals surface area contributed by atoms with Gasteiger partial charge in [0.05, 0.1) is 11.7 Å². The lowest BCUT2D eigenvalue weighted by Gasteiger charge is -2.22. The zero-order chi connectivity index (χ0) is 13.3. The molecule has 6 nitrogen and oxygen atoms in total. The summed E-state index contributed by atoms with van der Waals surface area (Å²) in [6.07, 6.45) is 6.25. The van der Waals surface area contributed by atoms with Crippen molar-refractivity contribution in [1.82, 2.24) is 19.5 Å². The minimum absolute atomic E-state index is 0.160. The molecule has 1 aliphatic heterocycles. The monoisotopic (exact) mass is 278 g/mol. The quantitative estimate of drug-likeness (QED) is 0.918. The predicted molar refractivity (Wildman–Crippen MR) is 68.7 cm³/mol. The van der Waals surface area contributed by atoms with E-state index in [1.54, 1.807) is 24.5 Å². The van der Waals surface area contributed by atoms with Crippen LogP contribution in [-0.2, 0) is 10.0 Å². The van der Waals surface area contributed by atoms with Crippen molar-refractivity contribution < 1.29 is 8.42 Å². The van der Waals surface area contributed by atoms with Gasteiger partial charge >= 0.3 is 0 Å². The number of aromatic nitrogens is 3. The summed E-state index contributed by atoms with van der Waals surface area (Å²) >= 11 is 0. The highest BCUT2D eigenvalue weighted by Gasteiger charge is 2.36. The third-order valence-electron chi connectivity index (χ3n) is 3.33. The second kappa shape index (κ2) is 4.75. The van der Waals surface area contributed by atoms with E-state index in [-0.39, 0.29) is 10.9 Å². The van der Waals surface area contributed by atoms with Gasteiger partial charge in [0.15, 0.2) is 0 Å². The van der Waals surface area contributed by atoms with Crippen LogP contribution in [0.2, 0.25) is 0 Å². The number of nitrogens with one attached hydrogen (secondary N) is 1. The standard InChI is InChI=1S/C12H14N4O2S/c17-19(18,10-3-1-6-13-9-10)16-8-2-4-12(16)11-5-7-14-15-11/h1,3,5-7,9,12H,2,4,8H2,(H,14,15). The van der Waals surface area contributed by atoms with E-state index in [1.165, 1.54) is 10.5 Å². The van der Waals surface area contributed by atoms with Crippen LogP contribution < -0.4 is 0 Å². The Bertz CT molecular complexity index is 640. The highest BCUT2D eigenvalue weighted by molar-refractivity contribution is 7.89. The zero-order valence-corrected chi connectivity index (χ0v) is 11.0. The van der Waals surface area contributed by atoms with Gasteiger partial charge in [-0.1, -0.05) is 0 Å². The van der Waals surface area contributed by atoms with Gasteiger partial charge in [-0.25, -0.2) is 8.42 Å². The third kappa shape index (κ3) is 2.15. The van der Waals surface area contributed by atoms with Gasteiger partial charge in [-0.3, -0.25) is 10.1 Å². The summed E-state index contributed by atoms with van der Waals surface area (Å²) in [4.78, 5) is 4.12. The lowest BCUT2D eigenvalue weighted by Crippen LogP contribution is -2.30. The third-order valence-corrected chi connectivity index (χ3v) is 5.22. The van der Waals surface area contributed by atoms with Gasteiger partial charge in [0.2, 0.25) is 10.0 Å². The molecule has 1 aliphatic rings. The van der Waals surface area contributed by atoms with Crippen molar-refractivity contribution in [3.8, 4) is 0 Å². The fraction of sp³-hybridized carbons (Fsp3) is 0.333. The van der Waals surface area contributed by atoms with E-state index in [2.05, 4.69) is 15.2 Å². The van der Waals surface area contributed by atoms with Crippen molar-refractivity contribution in [3.05, 3.63) is 42.5 Å². The maximum Gasteiger partial charge on any atom is 0.245 e. The molecule has 0 amide bonds. The fourth-order valence-electron chi connectivity index (χ4n) is 2.43.